The van der Waals surface area contributed by atoms with Crippen LogP contribution in [-0.2, 0) is 4.79 Å². The van der Waals surface area contributed by atoms with Crippen molar-refractivity contribution >= 4 is 17.6 Å². The van der Waals surface area contributed by atoms with Crippen LogP contribution < -0.4 is 16.2 Å². The molecule has 0 spiro atoms. The molecule has 0 aliphatic carbocycles. The molecule has 0 saturated heterocycles. The lowest BCUT2D eigenvalue weighted by Crippen LogP contribution is -2.49. The lowest BCUT2D eigenvalue weighted by atomic mass is 10.2. The van der Waals surface area contributed by atoms with E-state index in [4.69, 9.17) is 8.94 Å². The Bertz CT molecular complexity index is 661. The summed E-state index contributed by atoms with van der Waals surface area (Å²) in [7, 11) is 0. The van der Waals surface area contributed by atoms with Crippen molar-refractivity contribution in [1.82, 2.24) is 16.0 Å². The van der Waals surface area contributed by atoms with Crippen LogP contribution in [0.5, 0.6) is 0 Å². The van der Waals surface area contributed by atoms with Gasteiger partial charge in [0.25, 0.3) is 5.91 Å². The molecule has 118 valence electrons. The van der Waals surface area contributed by atoms with E-state index in [1.807, 2.05) is 6.92 Å². The summed E-state index contributed by atoms with van der Waals surface area (Å²) in [6.07, 6.45) is 1.91. The highest BCUT2D eigenvalue weighted by molar-refractivity contribution is 5.96. The summed E-state index contributed by atoms with van der Waals surface area (Å²) in [5.41, 5.74) is 5.61. The molecule has 2 heterocycles. The third-order valence-electron chi connectivity index (χ3n) is 3.07. The van der Waals surface area contributed by atoms with Crippen molar-refractivity contribution in [2.24, 2.45) is 0 Å². The zero-order valence-electron chi connectivity index (χ0n) is 12.6. The Morgan fingerprint density at radius 1 is 1.36 bits per heavy atom. The lowest BCUT2D eigenvalue weighted by Gasteiger charge is -2.16. The third-order valence-corrected chi connectivity index (χ3v) is 3.07. The molecule has 0 saturated carbocycles. The molecule has 0 radical (unpaired) electrons. The molecule has 0 aromatic carbocycles. The van der Waals surface area contributed by atoms with E-state index in [9.17, 15) is 9.59 Å². The van der Waals surface area contributed by atoms with E-state index >= 15 is 0 Å². The van der Waals surface area contributed by atoms with Crippen LogP contribution in [0.4, 0.5) is 5.82 Å². The number of hydrogen-bond donors (Lipinski definition) is 3. The van der Waals surface area contributed by atoms with Gasteiger partial charge in [0.2, 0.25) is 5.91 Å². The van der Waals surface area contributed by atoms with Crippen LogP contribution in [0.25, 0.3) is 0 Å². The molecule has 1 atom stereocenters. The second-order valence-corrected chi connectivity index (χ2v) is 4.76. The molecule has 0 bridgehead atoms. The molecule has 2 rings (SSSR count). The fourth-order valence-corrected chi connectivity index (χ4v) is 1.83. The normalized spacial score (nSPS) is 12.0. The van der Waals surface area contributed by atoms with Gasteiger partial charge in [0.15, 0.2) is 5.82 Å². The van der Waals surface area contributed by atoms with E-state index in [1.165, 1.54) is 6.26 Å². The Morgan fingerprint density at radius 2 is 2.14 bits per heavy atom. The number of nitrogens with zero attached hydrogens (tertiary/aromatic N) is 1. The van der Waals surface area contributed by atoms with E-state index in [1.54, 1.807) is 26.0 Å². The van der Waals surface area contributed by atoms with Crippen molar-refractivity contribution in [2.75, 3.05) is 5.32 Å². The summed E-state index contributed by atoms with van der Waals surface area (Å²) in [5.74, 6) is 0.754. The SMILES string of the molecule is CCC(NNC(=O)c1ccoc1C)C(=O)Nc1cc(C)on1. The predicted octanol–water partition coefficient (Wildman–Crippen LogP) is 1.54. The number of anilines is 1. The minimum Gasteiger partial charge on any atom is -0.469 e. The zero-order chi connectivity index (χ0) is 16.1. The molecule has 8 nitrogen and oxygen atoms in total. The van der Waals surface area contributed by atoms with Crippen LogP contribution in [0.1, 0.15) is 35.2 Å². The topological polar surface area (TPSA) is 109 Å². The maximum absolute atomic E-state index is 12.1. The quantitative estimate of drug-likeness (QED) is 0.698. The second kappa shape index (κ2) is 6.90. The molecule has 2 aromatic rings. The average Bonchev–Trinajstić information content (AvgIpc) is 3.08. The molecule has 22 heavy (non-hydrogen) atoms. The third kappa shape index (κ3) is 3.73. The first-order valence-corrected chi connectivity index (χ1v) is 6.85. The molecular formula is C14H18N4O4. The van der Waals surface area contributed by atoms with E-state index in [0.717, 1.165) is 0 Å². The van der Waals surface area contributed by atoms with Crippen molar-refractivity contribution in [3.8, 4) is 0 Å². The van der Waals surface area contributed by atoms with Gasteiger partial charge in [-0.1, -0.05) is 12.1 Å². The van der Waals surface area contributed by atoms with Gasteiger partial charge in [0, 0.05) is 6.07 Å². The van der Waals surface area contributed by atoms with E-state index in [2.05, 4.69) is 21.3 Å². The van der Waals surface area contributed by atoms with Gasteiger partial charge >= 0.3 is 0 Å². The van der Waals surface area contributed by atoms with Crippen molar-refractivity contribution in [2.45, 2.75) is 33.2 Å². The number of aryl methyl sites for hydroxylation is 2. The highest BCUT2D eigenvalue weighted by atomic mass is 16.5. The predicted molar refractivity (Wildman–Crippen MR) is 78.0 cm³/mol. The van der Waals surface area contributed by atoms with Crippen LogP contribution >= 0.6 is 0 Å². The smallest absolute Gasteiger partial charge is 0.268 e. The van der Waals surface area contributed by atoms with Gasteiger partial charge in [0.1, 0.15) is 17.6 Å². The Hall–Kier alpha value is -2.61. The largest absolute Gasteiger partial charge is 0.469 e. The molecule has 2 amide bonds. The first kappa shape index (κ1) is 15.8. The average molecular weight is 306 g/mol. The molecule has 2 aromatic heterocycles. The lowest BCUT2D eigenvalue weighted by molar-refractivity contribution is -0.118. The number of furan rings is 1. The standard InChI is InChI=1S/C14H18N4O4/c1-4-11(14(20)15-12-7-8(2)22-18-12)16-17-13(19)10-5-6-21-9(10)3/h5-7,11,16H,4H2,1-3H3,(H,17,19)(H,15,18,20). The van der Waals surface area contributed by atoms with Crippen LogP contribution in [0.3, 0.4) is 0 Å². The van der Waals surface area contributed by atoms with E-state index in [-0.39, 0.29) is 11.8 Å². The van der Waals surface area contributed by atoms with Gasteiger partial charge < -0.3 is 14.3 Å². The highest BCUT2D eigenvalue weighted by Crippen LogP contribution is 2.09. The summed E-state index contributed by atoms with van der Waals surface area (Å²) in [6.45, 7) is 5.23. The van der Waals surface area contributed by atoms with Crippen LogP contribution in [0.15, 0.2) is 27.3 Å². The number of aromatic nitrogens is 1. The van der Waals surface area contributed by atoms with Crippen LogP contribution in [-0.4, -0.2) is 23.0 Å². The van der Waals surface area contributed by atoms with Gasteiger partial charge in [-0.2, -0.15) is 0 Å². The number of carbonyl (C=O) groups is 2. The van der Waals surface area contributed by atoms with Crippen molar-refractivity contribution in [3.05, 3.63) is 35.5 Å². The Labute approximate surface area is 127 Å². The van der Waals surface area contributed by atoms with Gasteiger partial charge in [-0.3, -0.25) is 15.0 Å². The number of hydrazine groups is 1. The molecule has 0 aliphatic rings. The number of amides is 2. The van der Waals surface area contributed by atoms with Crippen molar-refractivity contribution in [3.63, 3.8) is 0 Å². The summed E-state index contributed by atoms with van der Waals surface area (Å²) in [6, 6.07) is 2.57. The molecule has 8 heteroatoms. The molecule has 1 unspecified atom stereocenters. The summed E-state index contributed by atoms with van der Waals surface area (Å²) < 4.78 is 9.93. The number of nitrogens with one attached hydrogen (secondary N) is 3. The monoisotopic (exact) mass is 306 g/mol. The fraction of sp³-hybridized carbons (Fsp3) is 0.357. The van der Waals surface area contributed by atoms with Crippen molar-refractivity contribution in [1.29, 1.82) is 0 Å². The highest BCUT2D eigenvalue weighted by Gasteiger charge is 2.19. The minimum absolute atomic E-state index is 0.319. The Morgan fingerprint density at radius 3 is 2.68 bits per heavy atom. The maximum atomic E-state index is 12.1. The fourth-order valence-electron chi connectivity index (χ4n) is 1.83. The molecule has 0 fully saturated rings. The van der Waals surface area contributed by atoms with Gasteiger partial charge in [-0.15, -0.1) is 0 Å². The van der Waals surface area contributed by atoms with Crippen LogP contribution in [0, 0.1) is 13.8 Å². The van der Waals surface area contributed by atoms with E-state index in [0.29, 0.717) is 29.3 Å². The van der Waals surface area contributed by atoms with Crippen molar-refractivity contribution < 1.29 is 18.5 Å². The van der Waals surface area contributed by atoms with E-state index < -0.39 is 6.04 Å². The maximum Gasteiger partial charge on any atom is 0.268 e. The van der Waals surface area contributed by atoms with Gasteiger partial charge in [-0.05, 0) is 26.3 Å². The second-order valence-electron chi connectivity index (χ2n) is 4.76. The minimum atomic E-state index is -0.604. The zero-order valence-corrected chi connectivity index (χ0v) is 12.6. The van der Waals surface area contributed by atoms with Gasteiger partial charge in [0.05, 0.1) is 11.8 Å². The molecule has 3 N–H and O–H groups in total. The summed E-state index contributed by atoms with van der Waals surface area (Å²) >= 11 is 0. The Balaban J connectivity index is 1.90. The summed E-state index contributed by atoms with van der Waals surface area (Å²) in [5, 5.41) is 6.29. The molecule has 0 aliphatic heterocycles. The number of carbonyl (C=O) groups excluding carboxylic acids is 2. The number of rotatable bonds is 6. The molecular weight excluding hydrogens is 288 g/mol. The number of hydrogen-bond acceptors (Lipinski definition) is 6. The Kier molecular flexibility index (Phi) is 4.95. The van der Waals surface area contributed by atoms with Crippen LogP contribution in [0.2, 0.25) is 0 Å². The van der Waals surface area contributed by atoms with Gasteiger partial charge in [-0.25, -0.2) is 5.43 Å². The summed E-state index contributed by atoms with van der Waals surface area (Å²) in [4.78, 5) is 24.0. The first-order valence-electron chi connectivity index (χ1n) is 6.85. The first-order chi connectivity index (χ1) is 10.5.